The maximum atomic E-state index is 5.25. The van der Waals surface area contributed by atoms with E-state index < -0.39 is 0 Å². The van der Waals surface area contributed by atoms with Crippen LogP contribution in [-0.4, -0.2) is 31.2 Å². The average molecular weight is 236 g/mol. The summed E-state index contributed by atoms with van der Waals surface area (Å²) < 4.78 is 0. The Hall–Kier alpha value is -1.13. The zero-order chi connectivity index (χ0) is 12.5. The SMILES string of the molecule is CNC1CCCCC1NC.Nc1ccccn1. The Morgan fingerprint density at radius 3 is 2.00 bits per heavy atom. The van der Waals surface area contributed by atoms with E-state index in [4.69, 9.17) is 5.73 Å². The summed E-state index contributed by atoms with van der Waals surface area (Å²) in [7, 11) is 4.11. The normalized spacial score (nSPS) is 23.6. The molecule has 2 unspecified atom stereocenters. The molecule has 0 aliphatic heterocycles. The molecule has 0 spiro atoms. The number of likely N-dealkylation sites (N-methyl/N-ethyl adjacent to an activating group) is 2. The minimum Gasteiger partial charge on any atom is -0.384 e. The van der Waals surface area contributed by atoms with Crippen LogP contribution in [0.25, 0.3) is 0 Å². The first-order valence-corrected chi connectivity index (χ1v) is 6.29. The highest BCUT2D eigenvalue weighted by Crippen LogP contribution is 2.17. The second-order valence-electron chi connectivity index (χ2n) is 4.33. The third-order valence-corrected chi connectivity index (χ3v) is 3.20. The van der Waals surface area contributed by atoms with Crippen molar-refractivity contribution in [2.75, 3.05) is 19.8 Å². The van der Waals surface area contributed by atoms with Gasteiger partial charge in [-0.05, 0) is 39.1 Å². The Labute approximate surface area is 104 Å². The van der Waals surface area contributed by atoms with Gasteiger partial charge in [-0.1, -0.05) is 18.9 Å². The molecule has 4 N–H and O–H groups in total. The molecule has 1 aliphatic rings. The molecule has 4 heteroatoms. The highest BCUT2D eigenvalue weighted by atomic mass is 15.0. The molecule has 0 amide bonds. The molecule has 1 aliphatic carbocycles. The highest BCUT2D eigenvalue weighted by molar-refractivity contribution is 5.25. The number of aromatic nitrogens is 1. The summed E-state index contributed by atoms with van der Waals surface area (Å²) in [6.45, 7) is 0. The van der Waals surface area contributed by atoms with Gasteiger partial charge in [0, 0.05) is 18.3 Å². The van der Waals surface area contributed by atoms with Gasteiger partial charge in [0.15, 0.2) is 0 Å². The molecule has 0 radical (unpaired) electrons. The van der Waals surface area contributed by atoms with Gasteiger partial charge in [-0.15, -0.1) is 0 Å². The Bertz CT molecular complexity index is 277. The summed E-state index contributed by atoms with van der Waals surface area (Å²) in [5.74, 6) is 0.572. The molecular formula is C13H24N4. The average Bonchev–Trinajstić information content (AvgIpc) is 2.40. The molecule has 0 saturated heterocycles. The van der Waals surface area contributed by atoms with Crippen LogP contribution in [0.4, 0.5) is 5.82 Å². The van der Waals surface area contributed by atoms with Gasteiger partial charge in [-0.25, -0.2) is 4.98 Å². The molecule has 1 heterocycles. The van der Waals surface area contributed by atoms with E-state index in [1.807, 2.05) is 12.1 Å². The van der Waals surface area contributed by atoms with Crippen LogP contribution in [0, 0.1) is 0 Å². The number of pyridine rings is 1. The molecular weight excluding hydrogens is 212 g/mol. The van der Waals surface area contributed by atoms with Crippen molar-refractivity contribution < 1.29 is 0 Å². The number of rotatable bonds is 2. The van der Waals surface area contributed by atoms with Crippen LogP contribution in [0.3, 0.4) is 0 Å². The van der Waals surface area contributed by atoms with Crippen molar-refractivity contribution in [3.8, 4) is 0 Å². The van der Waals surface area contributed by atoms with Crippen LogP contribution in [0.2, 0.25) is 0 Å². The van der Waals surface area contributed by atoms with Crippen molar-refractivity contribution in [2.24, 2.45) is 0 Å². The van der Waals surface area contributed by atoms with Crippen LogP contribution >= 0.6 is 0 Å². The molecule has 1 fully saturated rings. The van der Waals surface area contributed by atoms with E-state index in [9.17, 15) is 0 Å². The predicted molar refractivity (Wildman–Crippen MR) is 72.8 cm³/mol. The van der Waals surface area contributed by atoms with Crippen LogP contribution in [-0.2, 0) is 0 Å². The van der Waals surface area contributed by atoms with Crippen LogP contribution in [0.1, 0.15) is 25.7 Å². The summed E-state index contributed by atoms with van der Waals surface area (Å²) >= 11 is 0. The molecule has 0 bridgehead atoms. The zero-order valence-corrected chi connectivity index (χ0v) is 10.8. The van der Waals surface area contributed by atoms with Crippen LogP contribution < -0.4 is 16.4 Å². The van der Waals surface area contributed by atoms with E-state index in [2.05, 4.69) is 29.7 Å². The Morgan fingerprint density at radius 1 is 1.12 bits per heavy atom. The fourth-order valence-electron chi connectivity index (χ4n) is 2.20. The third kappa shape index (κ3) is 5.15. The number of nitrogen functional groups attached to an aromatic ring is 1. The second-order valence-corrected chi connectivity index (χ2v) is 4.33. The Morgan fingerprint density at radius 2 is 1.71 bits per heavy atom. The highest BCUT2D eigenvalue weighted by Gasteiger charge is 2.21. The van der Waals surface area contributed by atoms with Gasteiger partial charge in [0.25, 0.3) is 0 Å². The van der Waals surface area contributed by atoms with Crippen molar-refractivity contribution in [3.63, 3.8) is 0 Å². The van der Waals surface area contributed by atoms with Gasteiger partial charge in [0.2, 0.25) is 0 Å². The van der Waals surface area contributed by atoms with Crippen molar-refractivity contribution >= 4 is 5.82 Å². The van der Waals surface area contributed by atoms with E-state index in [-0.39, 0.29) is 0 Å². The maximum Gasteiger partial charge on any atom is 0.123 e. The number of nitrogens with two attached hydrogens (primary N) is 1. The van der Waals surface area contributed by atoms with E-state index in [0.29, 0.717) is 17.9 Å². The first-order valence-electron chi connectivity index (χ1n) is 6.29. The molecule has 4 nitrogen and oxygen atoms in total. The molecule has 2 rings (SSSR count). The van der Waals surface area contributed by atoms with Crippen molar-refractivity contribution in [1.29, 1.82) is 0 Å². The topological polar surface area (TPSA) is 63.0 Å². The van der Waals surface area contributed by atoms with Crippen LogP contribution in [0.5, 0.6) is 0 Å². The van der Waals surface area contributed by atoms with Gasteiger partial charge in [-0.2, -0.15) is 0 Å². The summed E-state index contributed by atoms with van der Waals surface area (Å²) in [4.78, 5) is 3.76. The lowest BCUT2D eigenvalue weighted by Gasteiger charge is -2.30. The zero-order valence-electron chi connectivity index (χ0n) is 10.8. The van der Waals surface area contributed by atoms with Gasteiger partial charge < -0.3 is 16.4 Å². The van der Waals surface area contributed by atoms with Crippen molar-refractivity contribution in [2.45, 2.75) is 37.8 Å². The fourth-order valence-corrected chi connectivity index (χ4v) is 2.20. The van der Waals surface area contributed by atoms with Gasteiger partial charge in [-0.3, -0.25) is 0 Å². The molecule has 2 atom stereocenters. The van der Waals surface area contributed by atoms with Crippen molar-refractivity contribution in [3.05, 3.63) is 24.4 Å². The summed E-state index contributed by atoms with van der Waals surface area (Å²) in [6, 6.07) is 6.84. The summed E-state index contributed by atoms with van der Waals surface area (Å²) in [5, 5.41) is 6.68. The molecule has 96 valence electrons. The third-order valence-electron chi connectivity index (χ3n) is 3.20. The standard InChI is InChI=1S/C8H18N2.C5H6N2/c1-9-7-5-3-4-6-8(7)10-2;6-5-3-1-2-4-7-5/h7-10H,3-6H2,1-2H3;1-4H,(H2,6,7). The van der Waals surface area contributed by atoms with Gasteiger partial charge in [0.1, 0.15) is 5.82 Å². The number of hydrogen-bond acceptors (Lipinski definition) is 4. The lowest BCUT2D eigenvalue weighted by Crippen LogP contribution is -2.47. The summed E-state index contributed by atoms with van der Waals surface area (Å²) in [5.41, 5.74) is 5.25. The molecule has 1 aromatic rings. The smallest absolute Gasteiger partial charge is 0.123 e. The quantitative estimate of drug-likeness (QED) is 0.726. The van der Waals surface area contributed by atoms with E-state index in [1.54, 1.807) is 12.3 Å². The van der Waals surface area contributed by atoms with E-state index in [1.165, 1.54) is 25.7 Å². The molecule has 1 aromatic heterocycles. The first kappa shape index (κ1) is 13.9. The molecule has 17 heavy (non-hydrogen) atoms. The Balaban J connectivity index is 0.000000181. The number of nitrogens with zero attached hydrogens (tertiary/aromatic N) is 1. The van der Waals surface area contributed by atoms with Crippen molar-refractivity contribution in [1.82, 2.24) is 15.6 Å². The monoisotopic (exact) mass is 236 g/mol. The first-order chi connectivity index (χ1) is 8.27. The minimum absolute atomic E-state index is 0.572. The lowest BCUT2D eigenvalue weighted by molar-refractivity contribution is 0.309. The number of hydrogen-bond donors (Lipinski definition) is 3. The van der Waals surface area contributed by atoms with Gasteiger partial charge in [0.05, 0.1) is 0 Å². The number of anilines is 1. The van der Waals surface area contributed by atoms with E-state index >= 15 is 0 Å². The fraction of sp³-hybridized carbons (Fsp3) is 0.615. The minimum atomic E-state index is 0.572. The van der Waals surface area contributed by atoms with Gasteiger partial charge >= 0.3 is 0 Å². The second kappa shape index (κ2) is 8.03. The largest absolute Gasteiger partial charge is 0.384 e. The summed E-state index contributed by atoms with van der Waals surface area (Å²) in [6.07, 6.45) is 7.12. The number of nitrogens with one attached hydrogen (secondary N) is 2. The predicted octanol–water partition coefficient (Wildman–Crippen LogP) is 1.40. The lowest BCUT2D eigenvalue weighted by atomic mass is 9.91. The Kier molecular flexibility index (Phi) is 6.58. The molecule has 1 saturated carbocycles. The molecule has 0 aromatic carbocycles. The van der Waals surface area contributed by atoms with Crippen LogP contribution in [0.15, 0.2) is 24.4 Å². The van der Waals surface area contributed by atoms with E-state index in [0.717, 1.165) is 0 Å². The maximum absolute atomic E-state index is 5.25.